The molecule has 126 valence electrons. The molecule has 1 aliphatic carbocycles. The Morgan fingerprint density at radius 1 is 1.21 bits per heavy atom. The predicted octanol–water partition coefficient (Wildman–Crippen LogP) is 3.16. The first kappa shape index (κ1) is 16.5. The molecule has 5 nitrogen and oxygen atoms in total. The van der Waals surface area contributed by atoms with E-state index in [9.17, 15) is 9.59 Å². The molecule has 24 heavy (non-hydrogen) atoms. The molecule has 1 heterocycles. The highest BCUT2D eigenvalue weighted by atomic mass is 32.1. The van der Waals surface area contributed by atoms with Crippen LogP contribution in [0, 0.1) is 0 Å². The van der Waals surface area contributed by atoms with E-state index in [0.29, 0.717) is 10.6 Å². The minimum Gasteiger partial charge on any atom is -0.374 e. The van der Waals surface area contributed by atoms with E-state index in [4.69, 9.17) is 5.73 Å². The number of benzene rings is 1. The van der Waals surface area contributed by atoms with Gasteiger partial charge in [-0.1, -0.05) is 12.1 Å². The van der Waals surface area contributed by atoms with E-state index in [1.54, 1.807) is 11.4 Å². The van der Waals surface area contributed by atoms with Gasteiger partial charge in [0, 0.05) is 5.69 Å². The Hall–Kier alpha value is -2.34. The Labute approximate surface area is 145 Å². The van der Waals surface area contributed by atoms with Gasteiger partial charge in [-0.05, 0) is 61.2 Å². The van der Waals surface area contributed by atoms with Crippen molar-refractivity contribution in [1.82, 2.24) is 0 Å². The molecule has 0 radical (unpaired) electrons. The van der Waals surface area contributed by atoms with Crippen LogP contribution in [-0.4, -0.2) is 17.9 Å². The first-order valence-corrected chi connectivity index (χ1v) is 8.99. The van der Waals surface area contributed by atoms with Gasteiger partial charge in [-0.3, -0.25) is 9.59 Å². The van der Waals surface area contributed by atoms with Crippen molar-refractivity contribution in [3.05, 3.63) is 46.3 Å². The van der Waals surface area contributed by atoms with Gasteiger partial charge in [0.1, 0.15) is 11.0 Å². The number of hydrogen-bond donors (Lipinski definition) is 3. The summed E-state index contributed by atoms with van der Waals surface area (Å²) in [4.78, 5) is 23.8. The molecule has 0 bridgehead atoms. The van der Waals surface area contributed by atoms with Gasteiger partial charge in [0.2, 0.25) is 5.91 Å². The van der Waals surface area contributed by atoms with Crippen molar-refractivity contribution in [3.63, 3.8) is 0 Å². The molecular formula is C18H21N3O2S. The third kappa shape index (κ3) is 3.43. The molecule has 1 atom stereocenters. The maximum absolute atomic E-state index is 12.4. The van der Waals surface area contributed by atoms with Crippen molar-refractivity contribution in [2.24, 2.45) is 5.73 Å². The highest BCUT2D eigenvalue weighted by Crippen LogP contribution is 2.28. The summed E-state index contributed by atoms with van der Waals surface area (Å²) >= 11 is 1.29. The lowest BCUT2D eigenvalue weighted by Gasteiger charge is -2.22. The molecule has 1 aliphatic rings. The number of hydrogen-bond acceptors (Lipinski definition) is 4. The third-order valence-electron chi connectivity index (χ3n) is 4.33. The van der Waals surface area contributed by atoms with Crippen molar-refractivity contribution in [2.45, 2.75) is 38.6 Å². The molecule has 0 saturated carbocycles. The SMILES string of the molecule is CC(Nc1cccc2c1CCCC2)C(=O)Nc1sccc1C(N)=O. The van der Waals surface area contributed by atoms with E-state index < -0.39 is 11.9 Å². The lowest BCUT2D eigenvalue weighted by molar-refractivity contribution is -0.116. The quantitative estimate of drug-likeness (QED) is 0.779. The van der Waals surface area contributed by atoms with Crippen LogP contribution < -0.4 is 16.4 Å². The minimum atomic E-state index is -0.538. The second-order valence-corrected chi connectivity index (χ2v) is 6.95. The second-order valence-electron chi connectivity index (χ2n) is 6.03. The fourth-order valence-corrected chi connectivity index (χ4v) is 3.83. The van der Waals surface area contributed by atoms with Crippen molar-refractivity contribution in [3.8, 4) is 0 Å². The number of carbonyl (C=O) groups excluding carboxylic acids is 2. The number of nitrogens with two attached hydrogens (primary N) is 1. The number of amides is 2. The van der Waals surface area contributed by atoms with Crippen molar-refractivity contribution in [1.29, 1.82) is 0 Å². The van der Waals surface area contributed by atoms with Crippen LogP contribution in [0.2, 0.25) is 0 Å². The Morgan fingerprint density at radius 2 is 2.00 bits per heavy atom. The number of fused-ring (bicyclic) bond motifs is 1. The van der Waals surface area contributed by atoms with E-state index in [1.165, 1.54) is 35.3 Å². The molecule has 0 saturated heterocycles. The van der Waals surface area contributed by atoms with E-state index in [-0.39, 0.29) is 5.91 Å². The molecule has 2 amide bonds. The van der Waals surface area contributed by atoms with Crippen LogP contribution in [0.25, 0.3) is 0 Å². The highest BCUT2D eigenvalue weighted by molar-refractivity contribution is 7.14. The van der Waals surface area contributed by atoms with Gasteiger partial charge in [0.25, 0.3) is 5.91 Å². The van der Waals surface area contributed by atoms with Gasteiger partial charge < -0.3 is 16.4 Å². The van der Waals surface area contributed by atoms with Crippen molar-refractivity contribution in [2.75, 3.05) is 10.6 Å². The van der Waals surface area contributed by atoms with Crippen LogP contribution in [0.5, 0.6) is 0 Å². The van der Waals surface area contributed by atoms with Gasteiger partial charge in [-0.2, -0.15) is 0 Å². The van der Waals surface area contributed by atoms with Crippen LogP contribution in [-0.2, 0) is 17.6 Å². The Bertz CT molecular complexity index is 769. The minimum absolute atomic E-state index is 0.187. The Kier molecular flexibility index (Phi) is 4.85. The summed E-state index contributed by atoms with van der Waals surface area (Å²) in [6, 6.07) is 7.42. The van der Waals surface area contributed by atoms with Crippen LogP contribution in [0.4, 0.5) is 10.7 Å². The van der Waals surface area contributed by atoms with Crippen LogP contribution in [0.1, 0.15) is 41.3 Å². The third-order valence-corrected chi connectivity index (χ3v) is 5.16. The average Bonchev–Trinajstić information content (AvgIpc) is 3.03. The topological polar surface area (TPSA) is 84.2 Å². The second kappa shape index (κ2) is 7.05. The van der Waals surface area contributed by atoms with Crippen LogP contribution in [0.3, 0.4) is 0 Å². The van der Waals surface area contributed by atoms with Gasteiger partial charge in [-0.15, -0.1) is 11.3 Å². The number of primary amides is 1. The standard InChI is InChI=1S/C18H21N3O2S/c1-11(17(23)21-18-14(16(19)22)9-10-24-18)20-15-8-4-6-12-5-2-3-7-13(12)15/h4,6,8-11,20H,2-3,5,7H2,1H3,(H2,19,22)(H,21,23). The molecular weight excluding hydrogens is 322 g/mol. The van der Waals surface area contributed by atoms with Gasteiger partial charge in [0.15, 0.2) is 0 Å². The summed E-state index contributed by atoms with van der Waals surface area (Å²) in [5, 5.41) is 8.33. The van der Waals surface area contributed by atoms with E-state index >= 15 is 0 Å². The largest absolute Gasteiger partial charge is 0.374 e. The summed E-state index contributed by atoms with van der Waals surface area (Å²) in [5.41, 5.74) is 9.37. The molecule has 6 heteroatoms. The van der Waals surface area contributed by atoms with Crippen molar-refractivity contribution < 1.29 is 9.59 Å². The first-order chi connectivity index (χ1) is 11.6. The highest BCUT2D eigenvalue weighted by Gasteiger charge is 2.19. The average molecular weight is 343 g/mol. The monoisotopic (exact) mass is 343 g/mol. The molecule has 1 aromatic carbocycles. The Balaban J connectivity index is 1.71. The zero-order chi connectivity index (χ0) is 17.1. The first-order valence-electron chi connectivity index (χ1n) is 8.11. The van der Waals surface area contributed by atoms with Gasteiger partial charge >= 0.3 is 0 Å². The maximum atomic E-state index is 12.4. The molecule has 1 unspecified atom stereocenters. The number of nitrogens with one attached hydrogen (secondary N) is 2. The zero-order valence-corrected chi connectivity index (χ0v) is 14.4. The predicted molar refractivity (Wildman–Crippen MR) is 97.6 cm³/mol. The molecule has 0 fully saturated rings. The summed E-state index contributed by atoms with van der Waals surface area (Å²) in [6.07, 6.45) is 4.55. The molecule has 0 aliphatic heterocycles. The normalized spacial score (nSPS) is 14.5. The summed E-state index contributed by atoms with van der Waals surface area (Å²) in [5.74, 6) is -0.724. The summed E-state index contributed by atoms with van der Waals surface area (Å²) in [6.45, 7) is 1.81. The van der Waals surface area contributed by atoms with Crippen LogP contribution >= 0.6 is 11.3 Å². The Morgan fingerprint density at radius 3 is 2.79 bits per heavy atom. The summed E-state index contributed by atoms with van der Waals surface area (Å²) in [7, 11) is 0. The van der Waals surface area contributed by atoms with E-state index in [1.807, 2.05) is 19.1 Å². The van der Waals surface area contributed by atoms with Gasteiger partial charge in [-0.25, -0.2) is 0 Å². The zero-order valence-electron chi connectivity index (χ0n) is 13.6. The van der Waals surface area contributed by atoms with E-state index in [2.05, 4.69) is 16.7 Å². The molecule has 4 N–H and O–H groups in total. The maximum Gasteiger partial charge on any atom is 0.251 e. The fourth-order valence-electron chi connectivity index (χ4n) is 3.04. The smallest absolute Gasteiger partial charge is 0.251 e. The number of anilines is 2. The summed E-state index contributed by atoms with van der Waals surface area (Å²) < 4.78 is 0. The number of aryl methyl sites for hydroxylation is 1. The number of carbonyl (C=O) groups is 2. The lowest BCUT2D eigenvalue weighted by atomic mass is 9.90. The number of thiophene rings is 1. The van der Waals surface area contributed by atoms with E-state index in [0.717, 1.165) is 18.5 Å². The van der Waals surface area contributed by atoms with Crippen LogP contribution in [0.15, 0.2) is 29.6 Å². The molecule has 1 aromatic heterocycles. The van der Waals surface area contributed by atoms with Gasteiger partial charge in [0.05, 0.1) is 5.56 Å². The molecule has 2 aromatic rings. The number of rotatable bonds is 5. The fraction of sp³-hybridized carbons (Fsp3) is 0.333. The molecule has 0 spiro atoms. The van der Waals surface area contributed by atoms with Crippen molar-refractivity contribution >= 4 is 33.8 Å². The molecule has 3 rings (SSSR count). The lowest BCUT2D eigenvalue weighted by Crippen LogP contribution is -2.32.